The molecule has 2 aromatic rings. The van der Waals surface area contributed by atoms with Crippen molar-refractivity contribution in [3.63, 3.8) is 0 Å². The molecule has 0 bridgehead atoms. The normalized spacial score (nSPS) is 11.1. The lowest BCUT2D eigenvalue weighted by Gasteiger charge is -2.17. The fourth-order valence-corrected chi connectivity index (χ4v) is 3.62. The zero-order valence-corrected chi connectivity index (χ0v) is 16.5. The van der Waals surface area contributed by atoms with E-state index in [0.717, 1.165) is 12.8 Å². The zero-order chi connectivity index (χ0) is 20.0. The highest BCUT2D eigenvalue weighted by Gasteiger charge is 2.18. The summed E-state index contributed by atoms with van der Waals surface area (Å²) in [5.74, 6) is -0.377. The first-order valence-corrected chi connectivity index (χ1v) is 10.2. The van der Waals surface area contributed by atoms with Gasteiger partial charge in [0.15, 0.2) is 5.78 Å². The van der Waals surface area contributed by atoms with Crippen molar-refractivity contribution in [3.8, 4) is 0 Å². The Kier molecular flexibility index (Phi) is 6.74. The van der Waals surface area contributed by atoms with Crippen molar-refractivity contribution in [2.24, 2.45) is 0 Å². The molecule has 2 aromatic carbocycles. The number of hydrogen-bond acceptors (Lipinski definition) is 4. The maximum absolute atomic E-state index is 12.7. The molecule has 0 fully saturated rings. The van der Waals surface area contributed by atoms with Gasteiger partial charge in [0.2, 0.25) is 0 Å². The van der Waals surface area contributed by atoms with Crippen LogP contribution in [0.3, 0.4) is 0 Å². The summed E-state index contributed by atoms with van der Waals surface area (Å²) in [4.78, 5) is 25.5. The highest BCUT2D eigenvalue weighted by Crippen LogP contribution is 2.19. The number of hydrogen-bond donors (Lipinski definition) is 1. The third kappa shape index (κ3) is 5.40. The van der Waals surface area contributed by atoms with E-state index in [1.54, 1.807) is 42.3 Å². The van der Waals surface area contributed by atoms with Crippen LogP contribution in [-0.2, 0) is 10.0 Å². The number of unbranched alkanes of at least 4 members (excludes halogenated alkanes) is 1. The Morgan fingerprint density at radius 3 is 2.37 bits per heavy atom. The van der Waals surface area contributed by atoms with Crippen molar-refractivity contribution in [2.75, 3.05) is 18.3 Å². The van der Waals surface area contributed by atoms with Gasteiger partial charge in [-0.15, -0.1) is 0 Å². The number of benzene rings is 2. The van der Waals surface area contributed by atoms with Crippen LogP contribution in [0.15, 0.2) is 53.4 Å². The molecule has 144 valence electrons. The first kappa shape index (κ1) is 20.6. The minimum atomic E-state index is -3.89. The lowest BCUT2D eigenvalue weighted by molar-refractivity contribution is 0.0793. The summed E-state index contributed by atoms with van der Waals surface area (Å²) in [5.41, 5.74) is 1.02. The second-order valence-corrected chi connectivity index (χ2v) is 8.03. The van der Waals surface area contributed by atoms with Crippen molar-refractivity contribution in [1.82, 2.24) is 4.90 Å². The number of ketones is 1. The number of nitrogens with zero attached hydrogens (tertiary/aromatic N) is 1. The Morgan fingerprint density at radius 1 is 1.04 bits per heavy atom. The van der Waals surface area contributed by atoms with E-state index in [-0.39, 0.29) is 16.6 Å². The Morgan fingerprint density at radius 2 is 1.70 bits per heavy atom. The molecule has 2 rings (SSSR count). The van der Waals surface area contributed by atoms with Gasteiger partial charge in [0.25, 0.3) is 15.9 Å². The van der Waals surface area contributed by atoms with Crippen LogP contribution in [0, 0.1) is 0 Å². The van der Waals surface area contributed by atoms with Crippen LogP contribution in [0.2, 0.25) is 0 Å². The van der Waals surface area contributed by atoms with Crippen LogP contribution < -0.4 is 4.72 Å². The average Bonchev–Trinajstić information content (AvgIpc) is 2.65. The van der Waals surface area contributed by atoms with Crippen LogP contribution in [0.4, 0.5) is 5.69 Å². The number of carbonyl (C=O) groups is 2. The zero-order valence-electron chi connectivity index (χ0n) is 15.7. The Hall–Kier alpha value is -2.67. The summed E-state index contributed by atoms with van der Waals surface area (Å²) < 4.78 is 27.8. The van der Waals surface area contributed by atoms with Gasteiger partial charge in [0.05, 0.1) is 4.90 Å². The van der Waals surface area contributed by atoms with Crippen molar-refractivity contribution in [1.29, 1.82) is 0 Å². The van der Waals surface area contributed by atoms with E-state index in [9.17, 15) is 18.0 Å². The maximum atomic E-state index is 12.7. The number of anilines is 1. The summed E-state index contributed by atoms with van der Waals surface area (Å²) in [6.45, 7) is 4.07. The molecule has 0 aliphatic heterocycles. The van der Waals surface area contributed by atoms with Gasteiger partial charge in [0.1, 0.15) is 0 Å². The topological polar surface area (TPSA) is 83.6 Å². The van der Waals surface area contributed by atoms with Crippen LogP contribution in [0.25, 0.3) is 0 Å². The molecule has 0 aliphatic rings. The summed E-state index contributed by atoms with van der Waals surface area (Å²) in [5, 5.41) is 0. The van der Waals surface area contributed by atoms with E-state index in [1.165, 1.54) is 25.1 Å². The molecule has 0 aliphatic carbocycles. The Balaban J connectivity index is 2.25. The Bertz CT molecular complexity index is 939. The third-order valence-electron chi connectivity index (χ3n) is 4.11. The van der Waals surface area contributed by atoms with E-state index in [1.807, 2.05) is 6.92 Å². The molecule has 0 saturated heterocycles. The number of nitrogens with one attached hydrogen (secondary N) is 1. The molecule has 27 heavy (non-hydrogen) atoms. The minimum absolute atomic E-state index is 0.00882. The number of amides is 1. The Labute approximate surface area is 160 Å². The van der Waals surface area contributed by atoms with E-state index in [4.69, 9.17) is 0 Å². The van der Waals surface area contributed by atoms with Gasteiger partial charge >= 0.3 is 0 Å². The lowest BCUT2D eigenvalue weighted by Crippen LogP contribution is -2.28. The molecular formula is C20H24N2O4S. The van der Waals surface area contributed by atoms with E-state index in [0.29, 0.717) is 23.4 Å². The van der Waals surface area contributed by atoms with Gasteiger partial charge in [-0.05, 0) is 43.7 Å². The molecule has 1 amide bonds. The van der Waals surface area contributed by atoms with E-state index < -0.39 is 10.0 Å². The van der Waals surface area contributed by atoms with E-state index >= 15 is 0 Å². The van der Waals surface area contributed by atoms with Gasteiger partial charge in [-0.1, -0.05) is 31.5 Å². The molecule has 7 heteroatoms. The van der Waals surface area contributed by atoms with Gasteiger partial charge in [-0.25, -0.2) is 8.42 Å². The molecule has 0 radical (unpaired) electrons. The molecule has 1 N–H and O–H groups in total. The predicted octanol–water partition coefficient (Wildman–Crippen LogP) is 3.56. The summed E-state index contributed by atoms with van der Waals surface area (Å²) in [7, 11) is -2.19. The van der Waals surface area contributed by atoms with Gasteiger partial charge in [0, 0.05) is 30.4 Å². The van der Waals surface area contributed by atoms with Gasteiger partial charge < -0.3 is 4.90 Å². The quantitative estimate of drug-likeness (QED) is 0.701. The fourth-order valence-electron chi connectivity index (χ4n) is 2.53. The maximum Gasteiger partial charge on any atom is 0.261 e. The molecule has 0 spiro atoms. The van der Waals surface area contributed by atoms with E-state index in [2.05, 4.69) is 4.72 Å². The molecule has 0 heterocycles. The van der Waals surface area contributed by atoms with Crippen LogP contribution in [0.5, 0.6) is 0 Å². The second kappa shape index (κ2) is 8.81. The first-order chi connectivity index (χ1) is 12.7. The number of sulfonamides is 1. The molecule has 0 atom stereocenters. The largest absolute Gasteiger partial charge is 0.342 e. The predicted molar refractivity (Wildman–Crippen MR) is 106 cm³/mol. The highest BCUT2D eigenvalue weighted by atomic mass is 32.2. The van der Waals surface area contributed by atoms with Gasteiger partial charge in [-0.2, -0.15) is 0 Å². The average molecular weight is 388 g/mol. The SMILES string of the molecule is CCCCN(C)C(=O)c1cccc(S(=O)(=O)Nc2cccc(C(C)=O)c2)c1. The smallest absolute Gasteiger partial charge is 0.261 e. The molecule has 0 saturated carbocycles. The van der Waals surface area contributed by atoms with Crippen molar-refractivity contribution >= 4 is 27.4 Å². The summed E-state index contributed by atoms with van der Waals surface area (Å²) in [6.07, 6.45) is 1.85. The molecule has 0 aromatic heterocycles. The molecule has 6 nitrogen and oxygen atoms in total. The summed E-state index contributed by atoms with van der Waals surface area (Å²) >= 11 is 0. The lowest BCUT2D eigenvalue weighted by atomic mass is 10.1. The third-order valence-corrected chi connectivity index (χ3v) is 5.49. The van der Waals surface area contributed by atoms with Crippen molar-refractivity contribution < 1.29 is 18.0 Å². The van der Waals surface area contributed by atoms with Crippen molar-refractivity contribution in [3.05, 3.63) is 59.7 Å². The number of rotatable bonds is 8. The van der Waals surface area contributed by atoms with Crippen LogP contribution in [0.1, 0.15) is 47.4 Å². The first-order valence-electron chi connectivity index (χ1n) is 8.74. The molecular weight excluding hydrogens is 364 g/mol. The number of carbonyl (C=O) groups excluding carboxylic acids is 2. The second-order valence-electron chi connectivity index (χ2n) is 6.35. The standard InChI is InChI=1S/C20H24N2O4S/c1-4-5-12-22(3)20(24)17-9-7-11-19(14-17)27(25,26)21-18-10-6-8-16(13-18)15(2)23/h6-11,13-14,21H,4-5,12H2,1-3H3. The number of Topliss-reactive ketones (excluding diaryl/α,β-unsaturated/α-hetero) is 1. The molecule has 0 unspecified atom stereocenters. The fraction of sp³-hybridized carbons (Fsp3) is 0.300. The monoisotopic (exact) mass is 388 g/mol. The van der Waals surface area contributed by atoms with Gasteiger partial charge in [-0.3, -0.25) is 14.3 Å². The van der Waals surface area contributed by atoms with Crippen LogP contribution >= 0.6 is 0 Å². The summed E-state index contributed by atoms with van der Waals surface area (Å²) in [6, 6.07) is 12.2. The highest BCUT2D eigenvalue weighted by molar-refractivity contribution is 7.92. The van der Waals surface area contributed by atoms with Crippen LogP contribution in [-0.4, -0.2) is 38.6 Å². The minimum Gasteiger partial charge on any atom is -0.342 e. The van der Waals surface area contributed by atoms with Crippen molar-refractivity contribution in [2.45, 2.75) is 31.6 Å².